The van der Waals surface area contributed by atoms with Crippen LogP contribution in [0.5, 0.6) is 5.75 Å². The molecular formula is C18H22N2O4S. The van der Waals surface area contributed by atoms with E-state index in [9.17, 15) is 13.2 Å². The highest BCUT2D eigenvalue weighted by atomic mass is 32.2. The summed E-state index contributed by atoms with van der Waals surface area (Å²) >= 11 is 0. The first-order valence-corrected chi connectivity index (χ1v) is 9.69. The van der Waals surface area contributed by atoms with Gasteiger partial charge in [-0.05, 0) is 55.3 Å². The average molecular weight is 362 g/mol. The van der Waals surface area contributed by atoms with Gasteiger partial charge in [0, 0.05) is 11.4 Å². The van der Waals surface area contributed by atoms with E-state index in [2.05, 4.69) is 17.0 Å². The van der Waals surface area contributed by atoms with Crippen LogP contribution in [0.3, 0.4) is 0 Å². The number of carbonyl (C=O) groups excluding carboxylic acids is 1. The summed E-state index contributed by atoms with van der Waals surface area (Å²) in [5.74, 6) is 0.348. The smallest absolute Gasteiger partial charge is 0.262 e. The zero-order valence-corrected chi connectivity index (χ0v) is 15.1. The van der Waals surface area contributed by atoms with Gasteiger partial charge in [0.15, 0.2) is 6.61 Å². The molecule has 2 aromatic carbocycles. The van der Waals surface area contributed by atoms with Crippen molar-refractivity contribution < 1.29 is 17.9 Å². The summed E-state index contributed by atoms with van der Waals surface area (Å²) in [6.07, 6.45) is 0.950. The molecular weight excluding hydrogens is 340 g/mol. The highest BCUT2D eigenvalue weighted by Gasteiger charge is 2.07. The lowest BCUT2D eigenvalue weighted by molar-refractivity contribution is -0.118. The maximum Gasteiger partial charge on any atom is 0.262 e. The molecule has 2 N–H and O–H groups in total. The number of hydrogen-bond acceptors (Lipinski definition) is 4. The van der Waals surface area contributed by atoms with Crippen molar-refractivity contribution in [3.8, 4) is 5.75 Å². The molecule has 0 saturated heterocycles. The van der Waals surface area contributed by atoms with Crippen molar-refractivity contribution in [3.05, 3.63) is 54.1 Å². The van der Waals surface area contributed by atoms with Crippen LogP contribution in [0.2, 0.25) is 0 Å². The first-order valence-electron chi connectivity index (χ1n) is 8.04. The summed E-state index contributed by atoms with van der Waals surface area (Å²) in [5.41, 5.74) is 2.22. The summed E-state index contributed by atoms with van der Waals surface area (Å²) < 4.78 is 30.9. The molecule has 0 radical (unpaired) electrons. The lowest BCUT2D eigenvalue weighted by Crippen LogP contribution is -2.20. The molecule has 25 heavy (non-hydrogen) atoms. The average Bonchev–Trinajstić information content (AvgIpc) is 2.62. The van der Waals surface area contributed by atoms with Gasteiger partial charge in [0.25, 0.3) is 5.91 Å². The molecule has 0 aliphatic rings. The first-order chi connectivity index (χ1) is 11.9. The van der Waals surface area contributed by atoms with Gasteiger partial charge in [0.1, 0.15) is 5.75 Å². The summed E-state index contributed by atoms with van der Waals surface area (Å²) in [5, 5.41) is 2.70. The van der Waals surface area contributed by atoms with E-state index in [4.69, 9.17) is 4.74 Å². The molecule has 0 heterocycles. The van der Waals surface area contributed by atoms with Crippen LogP contribution in [0.25, 0.3) is 0 Å². The van der Waals surface area contributed by atoms with Crippen molar-refractivity contribution in [1.29, 1.82) is 0 Å². The van der Waals surface area contributed by atoms with Crippen LogP contribution in [0, 0.1) is 0 Å². The molecule has 0 aliphatic heterocycles. The van der Waals surface area contributed by atoms with E-state index in [0.29, 0.717) is 17.1 Å². The third kappa shape index (κ3) is 6.11. The van der Waals surface area contributed by atoms with E-state index in [1.807, 2.05) is 24.3 Å². The number of benzene rings is 2. The summed E-state index contributed by atoms with van der Waals surface area (Å²) in [4.78, 5) is 11.9. The van der Waals surface area contributed by atoms with Gasteiger partial charge in [-0.1, -0.05) is 19.1 Å². The molecule has 2 rings (SSSR count). The number of sulfonamides is 1. The lowest BCUT2D eigenvalue weighted by atomic mass is 10.2. The Balaban J connectivity index is 1.85. The van der Waals surface area contributed by atoms with E-state index in [1.54, 1.807) is 31.2 Å². The fraction of sp³-hybridized carbons (Fsp3) is 0.278. The second kappa shape index (κ2) is 8.53. The Morgan fingerprint density at radius 3 is 2.12 bits per heavy atom. The minimum absolute atomic E-state index is 0.00205. The fourth-order valence-electron chi connectivity index (χ4n) is 2.04. The van der Waals surface area contributed by atoms with Gasteiger partial charge in [-0.15, -0.1) is 0 Å². The summed E-state index contributed by atoms with van der Waals surface area (Å²) in [6.45, 7) is 3.53. The molecule has 2 aromatic rings. The SMILES string of the molecule is CCc1ccc(OCC(=O)Nc2ccc(NS(=O)(=O)CC)cc2)cc1. The molecule has 134 valence electrons. The molecule has 0 spiro atoms. The van der Waals surface area contributed by atoms with E-state index in [-0.39, 0.29) is 18.3 Å². The van der Waals surface area contributed by atoms with Crippen molar-refractivity contribution in [1.82, 2.24) is 0 Å². The Kier molecular flexibility index (Phi) is 6.41. The van der Waals surface area contributed by atoms with Crippen LogP contribution < -0.4 is 14.8 Å². The standard InChI is InChI=1S/C18H22N2O4S/c1-3-14-5-11-17(12-6-14)24-13-18(21)19-15-7-9-16(10-8-15)20-25(22,23)4-2/h5-12,20H,3-4,13H2,1-2H3,(H,19,21). The predicted octanol–water partition coefficient (Wildman–Crippen LogP) is 3.03. The first kappa shape index (κ1) is 18.8. The number of nitrogens with one attached hydrogen (secondary N) is 2. The number of rotatable bonds is 8. The van der Waals surface area contributed by atoms with Crippen LogP contribution in [-0.4, -0.2) is 26.7 Å². The number of carbonyl (C=O) groups is 1. The summed E-state index contributed by atoms with van der Waals surface area (Å²) in [6, 6.07) is 14.0. The van der Waals surface area contributed by atoms with Crippen molar-refractivity contribution in [2.45, 2.75) is 20.3 Å². The van der Waals surface area contributed by atoms with Gasteiger partial charge >= 0.3 is 0 Å². The Bertz CT molecular complexity index is 800. The molecule has 1 amide bonds. The van der Waals surface area contributed by atoms with Gasteiger partial charge in [0.2, 0.25) is 10.0 Å². The van der Waals surface area contributed by atoms with Gasteiger partial charge in [-0.3, -0.25) is 9.52 Å². The zero-order valence-electron chi connectivity index (χ0n) is 14.3. The minimum Gasteiger partial charge on any atom is -0.484 e. The Hall–Kier alpha value is -2.54. The normalized spacial score (nSPS) is 11.0. The van der Waals surface area contributed by atoms with Crippen molar-refractivity contribution in [2.24, 2.45) is 0 Å². The predicted molar refractivity (Wildman–Crippen MR) is 99.5 cm³/mol. The number of amides is 1. The van der Waals surface area contributed by atoms with Gasteiger partial charge in [-0.2, -0.15) is 0 Å². The van der Waals surface area contributed by atoms with E-state index >= 15 is 0 Å². The van der Waals surface area contributed by atoms with Crippen LogP contribution in [0.4, 0.5) is 11.4 Å². The second-order valence-electron chi connectivity index (χ2n) is 5.42. The second-order valence-corrected chi connectivity index (χ2v) is 7.43. The summed E-state index contributed by atoms with van der Waals surface area (Å²) in [7, 11) is -3.31. The minimum atomic E-state index is -3.31. The van der Waals surface area contributed by atoms with Crippen molar-refractivity contribution in [2.75, 3.05) is 22.4 Å². The maximum atomic E-state index is 11.9. The Morgan fingerprint density at radius 2 is 1.56 bits per heavy atom. The maximum absolute atomic E-state index is 11.9. The topological polar surface area (TPSA) is 84.5 Å². The van der Waals surface area contributed by atoms with E-state index in [1.165, 1.54) is 5.56 Å². The van der Waals surface area contributed by atoms with Gasteiger partial charge in [-0.25, -0.2) is 8.42 Å². The molecule has 7 heteroatoms. The molecule has 0 unspecified atom stereocenters. The van der Waals surface area contributed by atoms with E-state index < -0.39 is 10.0 Å². The molecule has 0 aromatic heterocycles. The van der Waals surface area contributed by atoms with Crippen LogP contribution >= 0.6 is 0 Å². The number of anilines is 2. The fourth-order valence-corrected chi connectivity index (χ4v) is 2.68. The number of aryl methyl sites for hydroxylation is 1. The third-order valence-corrected chi connectivity index (χ3v) is 4.83. The van der Waals surface area contributed by atoms with E-state index in [0.717, 1.165) is 6.42 Å². The third-order valence-electron chi connectivity index (χ3n) is 3.52. The lowest BCUT2D eigenvalue weighted by Gasteiger charge is -2.09. The molecule has 0 atom stereocenters. The Morgan fingerprint density at radius 1 is 0.960 bits per heavy atom. The number of hydrogen-bond donors (Lipinski definition) is 2. The highest BCUT2D eigenvalue weighted by Crippen LogP contribution is 2.16. The number of ether oxygens (including phenoxy) is 1. The zero-order chi connectivity index (χ0) is 18.3. The highest BCUT2D eigenvalue weighted by molar-refractivity contribution is 7.92. The molecule has 6 nitrogen and oxygen atoms in total. The van der Waals surface area contributed by atoms with Crippen molar-refractivity contribution in [3.63, 3.8) is 0 Å². The molecule has 0 saturated carbocycles. The molecule has 0 aliphatic carbocycles. The van der Waals surface area contributed by atoms with Gasteiger partial charge in [0.05, 0.1) is 5.75 Å². The van der Waals surface area contributed by atoms with Gasteiger partial charge < -0.3 is 10.1 Å². The molecule has 0 bridgehead atoms. The van der Waals surface area contributed by atoms with Crippen LogP contribution in [0.1, 0.15) is 19.4 Å². The Labute approximate surface area is 148 Å². The quantitative estimate of drug-likeness (QED) is 0.756. The molecule has 0 fully saturated rings. The monoisotopic (exact) mass is 362 g/mol. The van der Waals surface area contributed by atoms with Crippen molar-refractivity contribution >= 4 is 27.3 Å². The van der Waals surface area contributed by atoms with Crippen LogP contribution in [0.15, 0.2) is 48.5 Å². The largest absolute Gasteiger partial charge is 0.484 e. The van der Waals surface area contributed by atoms with Crippen LogP contribution in [-0.2, 0) is 21.2 Å².